The van der Waals surface area contributed by atoms with Crippen LogP contribution >= 0.6 is 11.8 Å². The molecule has 0 spiro atoms. The lowest BCUT2D eigenvalue weighted by Crippen LogP contribution is -2.62. The summed E-state index contributed by atoms with van der Waals surface area (Å²) in [5, 5.41) is 19.7. The van der Waals surface area contributed by atoms with Crippen molar-refractivity contribution in [2.75, 3.05) is 50.8 Å². The quantitative estimate of drug-likeness (QED) is 0.271. The molecule has 7 rings (SSSR count). The fourth-order valence-corrected chi connectivity index (χ4v) is 9.31. The van der Waals surface area contributed by atoms with Crippen molar-refractivity contribution in [3.05, 3.63) is 76.3 Å². The highest BCUT2D eigenvalue weighted by Crippen LogP contribution is 2.48. The maximum absolute atomic E-state index is 13.9. The molecule has 12 nitrogen and oxygen atoms in total. The molecular weight excluding hydrogens is 667 g/mol. The van der Waals surface area contributed by atoms with Gasteiger partial charge in [0.05, 0.1) is 29.5 Å². The van der Waals surface area contributed by atoms with Gasteiger partial charge in [-0.1, -0.05) is 30.0 Å². The van der Waals surface area contributed by atoms with Crippen LogP contribution in [0.25, 0.3) is 0 Å². The highest BCUT2D eigenvalue weighted by molar-refractivity contribution is 8.04. The smallest absolute Gasteiger partial charge is 0.326 e. The molecule has 3 unspecified atom stereocenters. The van der Waals surface area contributed by atoms with Crippen molar-refractivity contribution in [3.8, 4) is 17.6 Å². The van der Waals surface area contributed by atoms with E-state index in [4.69, 9.17) is 9.47 Å². The first-order valence-electron chi connectivity index (χ1n) is 17.8. The lowest BCUT2D eigenvalue weighted by atomic mass is 9.86. The number of nitrogens with one attached hydrogen (secondary N) is 3. The number of morpholine rings is 1. The molecule has 2 aromatic rings. The predicted octanol–water partition coefficient (Wildman–Crippen LogP) is 4.25. The van der Waals surface area contributed by atoms with Crippen molar-refractivity contribution in [2.45, 2.75) is 63.0 Å². The van der Waals surface area contributed by atoms with E-state index >= 15 is 0 Å². The van der Waals surface area contributed by atoms with Gasteiger partial charge in [0.15, 0.2) is 0 Å². The summed E-state index contributed by atoms with van der Waals surface area (Å²) in [5.74, 6) is 0.775. The van der Waals surface area contributed by atoms with Crippen molar-refractivity contribution >= 4 is 35.3 Å². The minimum absolute atomic E-state index is 0.0637. The molecule has 4 fully saturated rings. The molecule has 268 valence electrons. The number of piperidine rings is 2. The first-order chi connectivity index (χ1) is 24.6. The second-order valence-corrected chi connectivity index (χ2v) is 15.4. The summed E-state index contributed by atoms with van der Waals surface area (Å²) in [6.07, 6.45) is 3.92. The molecule has 5 aliphatic heterocycles. The molecule has 5 aliphatic rings. The van der Waals surface area contributed by atoms with Crippen molar-refractivity contribution in [2.24, 2.45) is 5.92 Å². The van der Waals surface area contributed by atoms with Crippen LogP contribution in [-0.2, 0) is 14.3 Å². The van der Waals surface area contributed by atoms with Gasteiger partial charge < -0.3 is 30.3 Å². The normalized spacial score (nSPS) is 25.5. The third-order valence-corrected chi connectivity index (χ3v) is 11.8. The Morgan fingerprint density at radius 1 is 1.10 bits per heavy atom. The Bertz CT molecular complexity index is 1780. The van der Waals surface area contributed by atoms with Crippen LogP contribution < -0.4 is 25.6 Å². The van der Waals surface area contributed by atoms with E-state index in [9.17, 15) is 19.6 Å². The van der Waals surface area contributed by atoms with Gasteiger partial charge in [-0.15, -0.1) is 0 Å². The van der Waals surface area contributed by atoms with Gasteiger partial charge in [0.1, 0.15) is 23.1 Å². The zero-order valence-corrected chi connectivity index (χ0v) is 30.1. The van der Waals surface area contributed by atoms with Crippen molar-refractivity contribution in [3.63, 3.8) is 0 Å². The van der Waals surface area contributed by atoms with E-state index in [0.29, 0.717) is 55.5 Å². The maximum atomic E-state index is 13.9. The third-order valence-electron chi connectivity index (χ3n) is 10.5. The molecule has 0 saturated carbocycles. The van der Waals surface area contributed by atoms with Gasteiger partial charge in [-0.05, 0) is 88.5 Å². The molecule has 4 amide bonds. The molecule has 0 aromatic heterocycles. The van der Waals surface area contributed by atoms with Crippen LogP contribution in [-0.4, -0.2) is 96.6 Å². The van der Waals surface area contributed by atoms with E-state index in [-0.39, 0.29) is 46.8 Å². The number of benzene rings is 2. The van der Waals surface area contributed by atoms with Crippen LogP contribution in [0.4, 0.5) is 10.5 Å². The second-order valence-electron chi connectivity index (χ2n) is 14.3. The summed E-state index contributed by atoms with van der Waals surface area (Å²) in [7, 11) is 0. The van der Waals surface area contributed by atoms with Gasteiger partial charge in [0.2, 0.25) is 0 Å². The Labute approximate surface area is 303 Å². The molecule has 4 saturated heterocycles. The van der Waals surface area contributed by atoms with E-state index < -0.39 is 5.54 Å². The minimum Gasteiger partial charge on any atom is -0.457 e. The summed E-state index contributed by atoms with van der Waals surface area (Å²) in [4.78, 5) is 47.6. The summed E-state index contributed by atoms with van der Waals surface area (Å²) in [5.41, 5.74) is 2.01. The molecule has 0 radical (unpaired) electrons. The largest absolute Gasteiger partial charge is 0.457 e. The average Bonchev–Trinajstić information content (AvgIpc) is 3.51. The lowest BCUT2D eigenvalue weighted by molar-refractivity contribution is -0.129. The predicted molar refractivity (Wildman–Crippen MR) is 195 cm³/mol. The molecule has 2 aromatic carbocycles. The number of likely N-dealkylation sites (tertiary alicyclic amines) is 1. The zero-order chi connectivity index (χ0) is 35.7. The van der Waals surface area contributed by atoms with Crippen LogP contribution in [0.3, 0.4) is 0 Å². The van der Waals surface area contributed by atoms with Gasteiger partial charge >= 0.3 is 6.03 Å². The molecule has 0 aliphatic carbocycles. The van der Waals surface area contributed by atoms with Crippen LogP contribution in [0.1, 0.15) is 38.7 Å². The maximum Gasteiger partial charge on any atom is 0.326 e. The Balaban J connectivity index is 1.04. The first-order valence-corrected chi connectivity index (χ1v) is 18.6. The van der Waals surface area contributed by atoms with Crippen LogP contribution in [0.15, 0.2) is 70.8 Å². The van der Waals surface area contributed by atoms with Gasteiger partial charge in [-0.25, -0.2) is 4.79 Å². The number of rotatable bonds is 8. The number of hydrogen-bond donors (Lipinski definition) is 3. The molecule has 5 heterocycles. The fraction of sp³-hybridized carbons (Fsp3) is 0.474. The van der Waals surface area contributed by atoms with E-state index in [0.717, 1.165) is 43.1 Å². The molecular formula is C38H45N7O5S. The number of carbonyl (C=O) groups is 3. The van der Waals surface area contributed by atoms with E-state index in [1.54, 1.807) is 11.0 Å². The topological polar surface area (TPSA) is 139 Å². The number of ether oxygens (including phenoxy) is 2. The summed E-state index contributed by atoms with van der Waals surface area (Å²) in [6, 6.07) is 16.8. The van der Waals surface area contributed by atoms with Gasteiger partial charge in [-0.3, -0.25) is 19.4 Å². The van der Waals surface area contributed by atoms with Gasteiger partial charge in [0, 0.05) is 55.1 Å². The van der Waals surface area contributed by atoms with Crippen molar-refractivity contribution < 1.29 is 23.9 Å². The highest BCUT2D eigenvalue weighted by atomic mass is 32.2. The number of carbonyl (C=O) groups excluding carboxylic acids is 3. The third kappa shape index (κ3) is 7.23. The Kier molecular flexibility index (Phi) is 10.1. The van der Waals surface area contributed by atoms with Gasteiger partial charge in [-0.2, -0.15) is 5.26 Å². The second kappa shape index (κ2) is 14.7. The number of nitrogens with zero attached hydrogens (tertiary/aromatic N) is 4. The molecule has 51 heavy (non-hydrogen) atoms. The number of thioether (sulfide) groups is 1. The number of urea groups is 1. The molecule has 4 atom stereocenters. The average molecular weight is 712 g/mol. The molecule has 3 N–H and O–H groups in total. The Hall–Kier alpha value is -4.35. The Morgan fingerprint density at radius 3 is 2.63 bits per heavy atom. The van der Waals surface area contributed by atoms with E-state index in [1.807, 2.05) is 74.2 Å². The van der Waals surface area contributed by atoms with Crippen molar-refractivity contribution in [1.82, 2.24) is 25.8 Å². The number of aryl methyl sites for hydroxylation is 1. The summed E-state index contributed by atoms with van der Waals surface area (Å²) < 4.78 is 11.5. The standard InChI is InChI=1S/C38H45N7O5S/c1-24-20-28(50-27-9-5-4-6-10-27)11-12-29(24)45-30-13-14-40-35-31(30)32(42-37(45)48)33(51-35)34(46)41-26-8-7-15-43(23-26)36(47)25(22-39)21-38(2,3)44-16-18-49-19-17-44/h4-6,9-12,20-21,26,30-31,35,40H,7-8,13-19,23H2,1-3H3,(H,41,46)(H,42,48)/b25-21+/t26-,30?,31?,35?/m1/s1. The van der Waals surface area contributed by atoms with Crippen LogP contribution in [0.2, 0.25) is 0 Å². The van der Waals surface area contributed by atoms with Crippen LogP contribution in [0, 0.1) is 24.2 Å². The number of para-hydroxylation sites is 1. The first kappa shape index (κ1) is 35.1. The highest BCUT2D eigenvalue weighted by Gasteiger charge is 2.52. The number of amides is 4. The van der Waals surface area contributed by atoms with Crippen LogP contribution in [0.5, 0.6) is 11.5 Å². The number of hydrogen-bond acceptors (Lipinski definition) is 9. The SMILES string of the molecule is Cc1cc(Oc2ccccc2)ccc1N1C(=O)NC2=C(C(=O)N[C@@H]3CCCN(C(=O)/C(C#N)=C/C(C)(C)N4CCOCC4)C3)SC3NCCC1C23. The van der Waals surface area contributed by atoms with E-state index in [2.05, 4.69) is 26.9 Å². The Morgan fingerprint density at radius 2 is 1.88 bits per heavy atom. The van der Waals surface area contributed by atoms with E-state index in [1.165, 1.54) is 11.8 Å². The van der Waals surface area contributed by atoms with Crippen molar-refractivity contribution in [1.29, 1.82) is 5.26 Å². The van der Waals surface area contributed by atoms with Gasteiger partial charge in [0.25, 0.3) is 11.8 Å². The fourth-order valence-electron chi connectivity index (χ4n) is 7.92. The summed E-state index contributed by atoms with van der Waals surface area (Å²) >= 11 is 1.46. The summed E-state index contributed by atoms with van der Waals surface area (Å²) in [6.45, 7) is 10.3. The lowest BCUT2D eigenvalue weighted by Gasteiger charge is -2.46. The minimum atomic E-state index is -0.483. The zero-order valence-electron chi connectivity index (χ0n) is 29.3. The molecule has 13 heteroatoms. The monoisotopic (exact) mass is 711 g/mol. The molecule has 0 bridgehead atoms. The number of anilines is 1. The number of nitriles is 1.